The van der Waals surface area contributed by atoms with Crippen molar-refractivity contribution in [2.75, 3.05) is 23.0 Å². The van der Waals surface area contributed by atoms with Gasteiger partial charge in [-0.2, -0.15) is 0 Å². The number of carbonyl (C=O) groups excluding carboxylic acids is 2. The third kappa shape index (κ3) is 3.47. The van der Waals surface area contributed by atoms with Crippen LogP contribution in [0.5, 0.6) is 0 Å². The lowest BCUT2D eigenvalue weighted by atomic mass is 9.75. The highest BCUT2D eigenvalue weighted by Gasteiger charge is 2.78. The van der Waals surface area contributed by atoms with E-state index in [0.29, 0.717) is 28.4 Å². The van der Waals surface area contributed by atoms with Crippen molar-refractivity contribution in [3.8, 4) is 0 Å². The molecule has 10 heteroatoms. The standard InChI is InChI=1S/C30H25ClN2O7/c1-16(2)29(19-4-6-20(31)7-5-19)15-30(29)23-13-17(25(34)35)3-8-24(23)33(27(30)38)22-12-18(26(36)37)11-21(14-22)32-9-10-40-28(32)39/h3-8,11-14,16H,9-10,15H2,1-2H3,(H,34,35)(H,36,37)/t29-,30-/m1/s1. The van der Waals surface area contributed by atoms with Gasteiger partial charge in [0.05, 0.1) is 40.1 Å². The van der Waals surface area contributed by atoms with Crippen molar-refractivity contribution in [2.45, 2.75) is 31.1 Å². The van der Waals surface area contributed by atoms with E-state index in [1.54, 1.807) is 30.3 Å². The van der Waals surface area contributed by atoms with E-state index in [2.05, 4.69) is 0 Å². The highest BCUT2D eigenvalue weighted by Crippen LogP contribution is 2.74. The van der Waals surface area contributed by atoms with Crippen LogP contribution in [0.1, 0.15) is 52.1 Å². The summed E-state index contributed by atoms with van der Waals surface area (Å²) in [5, 5.41) is 20.2. The maximum Gasteiger partial charge on any atom is 0.414 e. The summed E-state index contributed by atoms with van der Waals surface area (Å²) in [5.41, 5.74) is 0.728. The van der Waals surface area contributed by atoms with Gasteiger partial charge in [-0.25, -0.2) is 14.4 Å². The van der Waals surface area contributed by atoms with Crippen LogP contribution in [0.2, 0.25) is 5.02 Å². The molecule has 2 atom stereocenters. The van der Waals surface area contributed by atoms with Crippen LogP contribution in [-0.2, 0) is 20.4 Å². The van der Waals surface area contributed by atoms with Crippen molar-refractivity contribution in [3.63, 3.8) is 0 Å². The van der Waals surface area contributed by atoms with Gasteiger partial charge in [-0.3, -0.25) is 14.6 Å². The number of amides is 2. The van der Waals surface area contributed by atoms with Gasteiger partial charge >= 0.3 is 18.0 Å². The molecule has 1 aliphatic carbocycles. The molecule has 0 unspecified atom stereocenters. The molecule has 1 saturated carbocycles. The maximum absolute atomic E-state index is 14.7. The van der Waals surface area contributed by atoms with Crippen LogP contribution in [0, 0.1) is 5.92 Å². The molecule has 2 amide bonds. The molecule has 2 fully saturated rings. The molecule has 3 aliphatic rings. The minimum absolute atomic E-state index is 0.0146. The number of hydrogen-bond acceptors (Lipinski definition) is 5. The van der Waals surface area contributed by atoms with Gasteiger partial charge in [0.15, 0.2) is 0 Å². The topological polar surface area (TPSA) is 124 Å². The minimum Gasteiger partial charge on any atom is -0.478 e. The molecular weight excluding hydrogens is 536 g/mol. The Bertz CT molecular complexity index is 1620. The first-order valence-corrected chi connectivity index (χ1v) is 13.2. The Labute approximate surface area is 234 Å². The highest BCUT2D eigenvalue weighted by molar-refractivity contribution is 6.30. The number of nitrogens with zero attached hydrogens (tertiary/aromatic N) is 2. The Kier molecular flexibility index (Phi) is 5.71. The molecule has 1 saturated heterocycles. The number of halogens is 1. The van der Waals surface area contributed by atoms with E-state index < -0.39 is 28.9 Å². The zero-order valence-electron chi connectivity index (χ0n) is 21.7. The molecular formula is C30H25ClN2O7. The molecule has 2 aliphatic heterocycles. The average Bonchev–Trinajstić information content (AvgIpc) is 3.37. The summed E-state index contributed by atoms with van der Waals surface area (Å²) in [7, 11) is 0. The Morgan fingerprint density at radius 3 is 2.20 bits per heavy atom. The number of aromatic carboxylic acids is 2. The molecule has 6 rings (SSSR count). The van der Waals surface area contributed by atoms with Gasteiger partial charge in [0.2, 0.25) is 5.91 Å². The second-order valence-electron chi connectivity index (χ2n) is 10.7. The van der Waals surface area contributed by atoms with Crippen LogP contribution >= 0.6 is 11.6 Å². The molecule has 3 aromatic rings. The number of carbonyl (C=O) groups is 4. The minimum atomic E-state index is -1.22. The van der Waals surface area contributed by atoms with Gasteiger partial charge in [-0.05, 0) is 72.0 Å². The summed E-state index contributed by atoms with van der Waals surface area (Å²) < 4.78 is 5.05. The Hall–Kier alpha value is -4.37. The van der Waals surface area contributed by atoms with Crippen LogP contribution in [0.25, 0.3) is 0 Å². The van der Waals surface area contributed by atoms with E-state index in [1.807, 2.05) is 26.0 Å². The van der Waals surface area contributed by atoms with Crippen molar-refractivity contribution < 1.29 is 34.1 Å². The summed E-state index contributed by atoms with van der Waals surface area (Å²) in [6.45, 7) is 4.46. The molecule has 0 bridgehead atoms. The van der Waals surface area contributed by atoms with Gasteiger partial charge in [0, 0.05) is 10.4 Å². The summed E-state index contributed by atoms with van der Waals surface area (Å²) in [4.78, 5) is 53.8. The zero-order chi connectivity index (χ0) is 28.6. The Morgan fingerprint density at radius 1 is 0.925 bits per heavy atom. The fourth-order valence-corrected chi connectivity index (χ4v) is 6.74. The first-order chi connectivity index (χ1) is 19.0. The molecule has 0 aromatic heterocycles. The molecule has 40 heavy (non-hydrogen) atoms. The third-order valence-corrected chi connectivity index (χ3v) is 8.77. The van der Waals surface area contributed by atoms with Gasteiger partial charge in [0.25, 0.3) is 0 Å². The second kappa shape index (κ2) is 8.82. The lowest BCUT2D eigenvalue weighted by molar-refractivity contribution is -0.120. The first-order valence-electron chi connectivity index (χ1n) is 12.8. The van der Waals surface area contributed by atoms with E-state index in [0.717, 1.165) is 5.56 Å². The second-order valence-corrected chi connectivity index (χ2v) is 11.1. The van der Waals surface area contributed by atoms with Crippen molar-refractivity contribution in [1.82, 2.24) is 0 Å². The highest BCUT2D eigenvalue weighted by atomic mass is 35.5. The van der Waals surface area contributed by atoms with E-state index in [1.165, 1.54) is 28.0 Å². The summed E-state index contributed by atoms with van der Waals surface area (Å²) in [6.07, 6.45) is -0.165. The molecule has 204 valence electrons. The van der Waals surface area contributed by atoms with E-state index in [9.17, 15) is 29.4 Å². The van der Waals surface area contributed by atoms with Crippen molar-refractivity contribution in [1.29, 1.82) is 0 Å². The smallest absolute Gasteiger partial charge is 0.414 e. The number of ether oxygens (including phenoxy) is 1. The zero-order valence-corrected chi connectivity index (χ0v) is 22.4. The van der Waals surface area contributed by atoms with Crippen molar-refractivity contribution >= 4 is 52.6 Å². The number of carboxylic acids is 2. The van der Waals surface area contributed by atoms with Crippen LogP contribution in [0.4, 0.5) is 21.9 Å². The molecule has 9 nitrogen and oxygen atoms in total. The predicted octanol–water partition coefficient (Wildman–Crippen LogP) is 5.61. The van der Waals surface area contributed by atoms with E-state index >= 15 is 0 Å². The molecule has 1 spiro atoms. The summed E-state index contributed by atoms with van der Waals surface area (Å²) in [5.74, 6) is -2.64. The number of carboxylic acid groups (broad SMARTS) is 2. The van der Waals surface area contributed by atoms with Crippen LogP contribution < -0.4 is 9.80 Å². The Morgan fingerprint density at radius 2 is 1.60 bits per heavy atom. The van der Waals surface area contributed by atoms with Crippen molar-refractivity contribution in [2.24, 2.45) is 5.92 Å². The van der Waals surface area contributed by atoms with Crippen LogP contribution in [0.15, 0.2) is 60.7 Å². The lowest BCUT2D eigenvalue weighted by Gasteiger charge is -2.27. The molecule has 0 radical (unpaired) electrons. The number of benzene rings is 3. The SMILES string of the molecule is CC(C)[C@@]1(c2ccc(Cl)cc2)C[C@@]12C(=O)N(c1cc(C(=O)O)cc(N3CCOC3=O)c1)c1ccc(C(=O)O)cc12. The summed E-state index contributed by atoms with van der Waals surface area (Å²) in [6, 6.07) is 16.3. The fourth-order valence-electron chi connectivity index (χ4n) is 6.61. The van der Waals surface area contributed by atoms with Gasteiger partial charge in [0.1, 0.15) is 6.61 Å². The summed E-state index contributed by atoms with van der Waals surface area (Å²) >= 11 is 6.18. The normalized spacial score (nSPS) is 23.1. The molecule has 2 N–H and O–H groups in total. The largest absolute Gasteiger partial charge is 0.478 e. The number of hydrogen-bond donors (Lipinski definition) is 2. The number of fused-ring (bicyclic) bond motifs is 2. The monoisotopic (exact) mass is 560 g/mol. The average molecular weight is 561 g/mol. The van der Waals surface area contributed by atoms with E-state index in [4.69, 9.17) is 16.3 Å². The van der Waals surface area contributed by atoms with Crippen LogP contribution in [0.3, 0.4) is 0 Å². The quantitative estimate of drug-likeness (QED) is 0.401. The number of anilines is 3. The predicted molar refractivity (Wildman–Crippen MR) is 147 cm³/mol. The van der Waals surface area contributed by atoms with E-state index in [-0.39, 0.29) is 41.8 Å². The third-order valence-electron chi connectivity index (χ3n) is 8.52. The Balaban J connectivity index is 1.57. The number of rotatable bonds is 6. The first kappa shape index (κ1) is 25.9. The van der Waals surface area contributed by atoms with Crippen LogP contribution in [-0.4, -0.2) is 47.3 Å². The fraction of sp³-hybridized carbons (Fsp3) is 0.267. The molecule has 2 heterocycles. The van der Waals surface area contributed by atoms with Gasteiger partial charge in [-0.15, -0.1) is 0 Å². The number of cyclic esters (lactones) is 1. The lowest BCUT2D eigenvalue weighted by Crippen LogP contribution is -2.36. The van der Waals surface area contributed by atoms with Gasteiger partial charge in [-0.1, -0.05) is 37.6 Å². The van der Waals surface area contributed by atoms with Crippen molar-refractivity contribution in [3.05, 3.63) is 87.9 Å². The maximum atomic E-state index is 14.7. The van der Waals surface area contributed by atoms with Gasteiger partial charge < -0.3 is 14.9 Å². The molecule has 3 aromatic carbocycles.